The number of rotatable bonds is 7. The number of halogens is 2. The highest BCUT2D eigenvalue weighted by Crippen LogP contribution is 2.29. The quantitative estimate of drug-likeness (QED) is 0.678. The standard InChI is InChI=1S/C22H22Cl2N4O3/c1-2-27(14-19(29)25-21-16(23)9-6-10-17(21)24)22(31)18-11-12-20(30)28(26-18)13-15-7-4-3-5-8-15/h3-10H,2,11-14H2,1H3,(H,25,29). The lowest BCUT2D eigenvalue weighted by atomic mass is 10.1. The fourth-order valence-corrected chi connectivity index (χ4v) is 3.61. The van der Waals surface area contributed by atoms with Gasteiger partial charge >= 0.3 is 0 Å². The summed E-state index contributed by atoms with van der Waals surface area (Å²) in [6, 6.07) is 14.3. The molecule has 1 aliphatic heterocycles. The Morgan fingerprint density at radius 3 is 2.39 bits per heavy atom. The molecule has 0 radical (unpaired) electrons. The molecule has 3 rings (SSSR count). The van der Waals surface area contributed by atoms with Crippen LogP contribution in [0.15, 0.2) is 53.6 Å². The number of hydrazone groups is 1. The molecule has 0 fully saturated rings. The summed E-state index contributed by atoms with van der Waals surface area (Å²) in [6.45, 7) is 2.16. The Kier molecular flexibility index (Phi) is 7.65. The Morgan fingerprint density at radius 2 is 1.74 bits per heavy atom. The molecule has 31 heavy (non-hydrogen) atoms. The molecule has 0 saturated carbocycles. The minimum atomic E-state index is -0.432. The van der Waals surface area contributed by atoms with Gasteiger partial charge in [0.2, 0.25) is 11.8 Å². The molecule has 0 spiro atoms. The average molecular weight is 461 g/mol. The van der Waals surface area contributed by atoms with Crippen LogP contribution in [0.5, 0.6) is 0 Å². The zero-order chi connectivity index (χ0) is 22.4. The maximum Gasteiger partial charge on any atom is 0.270 e. The van der Waals surface area contributed by atoms with Crippen LogP contribution in [-0.4, -0.2) is 46.4 Å². The third kappa shape index (κ3) is 5.83. The molecule has 2 aromatic carbocycles. The zero-order valence-electron chi connectivity index (χ0n) is 17.0. The number of amides is 3. The van der Waals surface area contributed by atoms with Gasteiger partial charge in [-0.2, -0.15) is 5.10 Å². The van der Waals surface area contributed by atoms with E-state index in [-0.39, 0.29) is 43.5 Å². The molecule has 0 bridgehead atoms. The number of nitrogens with zero attached hydrogens (tertiary/aromatic N) is 3. The molecule has 0 aliphatic carbocycles. The first-order valence-corrected chi connectivity index (χ1v) is 10.6. The highest BCUT2D eigenvalue weighted by atomic mass is 35.5. The molecule has 0 saturated heterocycles. The van der Waals surface area contributed by atoms with E-state index in [0.717, 1.165) is 5.56 Å². The molecule has 3 amide bonds. The van der Waals surface area contributed by atoms with E-state index in [1.54, 1.807) is 25.1 Å². The Labute approximate surface area is 190 Å². The van der Waals surface area contributed by atoms with Gasteiger partial charge in [-0.25, -0.2) is 5.01 Å². The first-order valence-electron chi connectivity index (χ1n) is 9.84. The molecule has 1 N–H and O–H groups in total. The van der Waals surface area contributed by atoms with E-state index in [9.17, 15) is 14.4 Å². The minimum Gasteiger partial charge on any atom is -0.329 e. The van der Waals surface area contributed by atoms with Gasteiger partial charge in [-0.1, -0.05) is 59.6 Å². The maximum atomic E-state index is 13.0. The van der Waals surface area contributed by atoms with E-state index < -0.39 is 5.91 Å². The van der Waals surface area contributed by atoms with Gasteiger partial charge in [0.1, 0.15) is 12.3 Å². The molecule has 2 aromatic rings. The zero-order valence-corrected chi connectivity index (χ0v) is 18.5. The molecule has 0 aromatic heterocycles. The highest BCUT2D eigenvalue weighted by Gasteiger charge is 2.28. The largest absolute Gasteiger partial charge is 0.329 e. The van der Waals surface area contributed by atoms with E-state index in [1.807, 2.05) is 30.3 Å². The molecular weight excluding hydrogens is 439 g/mol. The predicted octanol–water partition coefficient (Wildman–Crippen LogP) is 3.96. The van der Waals surface area contributed by atoms with Crippen molar-refractivity contribution in [3.8, 4) is 0 Å². The summed E-state index contributed by atoms with van der Waals surface area (Å²) in [4.78, 5) is 39.1. The third-order valence-corrected chi connectivity index (χ3v) is 5.39. The number of carbonyl (C=O) groups excluding carboxylic acids is 3. The smallest absolute Gasteiger partial charge is 0.270 e. The first kappa shape index (κ1) is 22.8. The van der Waals surface area contributed by atoms with Crippen LogP contribution < -0.4 is 5.32 Å². The molecule has 1 heterocycles. The van der Waals surface area contributed by atoms with Crippen molar-refractivity contribution in [2.75, 3.05) is 18.4 Å². The summed E-state index contributed by atoms with van der Waals surface area (Å²) in [6.07, 6.45) is 0.424. The maximum absolute atomic E-state index is 13.0. The molecule has 1 aliphatic rings. The summed E-state index contributed by atoms with van der Waals surface area (Å²) in [5.74, 6) is -0.957. The summed E-state index contributed by atoms with van der Waals surface area (Å²) in [5, 5.41) is 8.85. The number of hydrogen-bond donors (Lipinski definition) is 1. The number of benzene rings is 2. The average Bonchev–Trinajstić information content (AvgIpc) is 2.76. The number of nitrogens with one attached hydrogen (secondary N) is 1. The van der Waals surface area contributed by atoms with Crippen LogP contribution in [0, 0.1) is 0 Å². The normalized spacial score (nSPS) is 13.6. The van der Waals surface area contributed by atoms with Crippen molar-refractivity contribution >= 4 is 52.3 Å². The van der Waals surface area contributed by atoms with Crippen molar-refractivity contribution in [2.24, 2.45) is 5.10 Å². The van der Waals surface area contributed by atoms with Gasteiger partial charge in [-0.05, 0) is 24.6 Å². The van der Waals surface area contributed by atoms with Crippen LogP contribution >= 0.6 is 23.2 Å². The van der Waals surface area contributed by atoms with Crippen molar-refractivity contribution in [1.82, 2.24) is 9.91 Å². The van der Waals surface area contributed by atoms with Crippen LogP contribution in [0.3, 0.4) is 0 Å². The third-order valence-electron chi connectivity index (χ3n) is 4.76. The lowest BCUT2D eigenvalue weighted by molar-refractivity contribution is -0.133. The van der Waals surface area contributed by atoms with E-state index >= 15 is 0 Å². The van der Waals surface area contributed by atoms with Crippen molar-refractivity contribution in [3.05, 3.63) is 64.1 Å². The van der Waals surface area contributed by atoms with Gasteiger partial charge in [0, 0.05) is 19.4 Å². The van der Waals surface area contributed by atoms with E-state index in [4.69, 9.17) is 23.2 Å². The lowest BCUT2D eigenvalue weighted by Crippen LogP contribution is -2.44. The van der Waals surface area contributed by atoms with Crippen molar-refractivity contribution in [2.45, 2.75) is 26.3 Å². The Morgan fingerprint density at radius 1 is 1.06 bits per heavy atom. The monoisotopic (exact) mass is 460 g/mol. The van der Waals surface area contributed by atoms with Gasteiger partial charge in [0.15, 0.2) is 0 Å². The van der Waals surface area contributed by atoms with Gasteiger partial charge in [-0.15, -0.1) is 0 Å². The summed E-state index contributed by atoms with van der Waals surface area (Å²) >= 11 is 12.2. The van der Waals surface area contributed by atoms with Crippen LogP contribution in [0.4, 0.5) is 5.69 Å². The second kappa shape index (κ2) is 10.4. The van der Waals surface area contributed by atoms with E-state index in [2.05, 4.69) is 10.4 Å². The molecule has 0 atom stereocenters. The summed E-state index contributed by atoms with van der Waals surface area (Å²) < 4.78 is 0. The van der Waals surface area contributed by atoms with Gasteiger partial charge in [0.25, 0.3) is 5.91 Å². The highest BCUT2D eigenvalue weighted by molar-refractivity contribution is 6.40. The van der Waals surface area contributed by atoms with Crippen molar-refractivity contribution < 1.29 is 14.4 Å². The Balaban J connectivity index is 1.69. The molecule has 0 unspecified atom stereocenters. The van der Waals surface area contributed by atoms with Crippen LogP contribution in [-0.2, 0) is 20.9 Å². The summed E-state index contributed by atoms with van der Waals surface area (Å²) in [7, 11) is 0. The molecule has 9 heteroatoms. The second-order valence-electron chi connectivity index (χ2n) is 6.95. The fraction of sp³-hybridized carbons (Fsp3) is 0.273. The first-order chi connectivity index (χ1) is 14.9. The SMILES string of the molecule is CCN(CC(=O)Nc1c(Cl)cccc1Cl)C(=O)C1=NN(Cc2ccccc2)C(=O)CC1. The number of anilines is 1. The van der Waals surface area contributed by atoms with Crippen molar-refractivity contribution in [1.29, 1.82) is 0 Å². The van der Waals surface area contributed by atoms with E-state index in [0.29, 0.717) is 22.3 Å². The number of likely N-dealkylation sites (N-methyl/N-ethyl adjacent to an activating group) is 1. The Hall–Kier alpha value is -2.90. The molecular formula is C22H22Cl2N4O3. The number of para-hydroxylation sites is 1. The molecule has 7 nitrogen and oxygen atoms in total. The van der Waals surface area contributed by atoms with Crippen LogP contribution in [0.25, 0.3) is 0 Å². The lowest BCUT2D eigenvalue weighted by Gasteiger charge is -2.26. The second-order valence-corrected chi connectivity index (χ2v) is 7.76. The number of hydrogen-bond acceptors (Lipinski definition) is 4. The Bertz CT molecular complexity index is 991. The van der Waals surface area contributed by atoms with Gasteiger partial charge < -0.3 is 10.2 Å². The van der Waals surface area contributed by atoms with Gasteiger partial charge in [0.05, 0.1) is 22.3 Å². The van der Waals surface area contributed by atoms with E-state index in [1.165, 1.54) is 9.91 Å². The predicted molar refractivity (Wildman–Crippen MR) is 121 cm³/mol. The summed E-state index contributed by atoms with van der Waals surface area (Å²) in [5.41, 5.74) is 1.46. The minimum absolute atomic E-state index is 0.144. The van der Waals surface area contributed by atoms with Crippen LogP contribution in [0.1, 0.15) is 25.3 Å². The molecule has 162 valence electrons. The van der Waals surface area contributed by atoms with Gasteiger partial charge in [-0.3, -0.25) is 14.4 Å². The fourth-order valence-electron chi connectivity index (χ4n) is 3.11. The number of carbonyl (C=O) groups is 3. The topological polar surface area (TPSA) is 82.1 Å². The van der Waals surface area contributed by atoms with Crippen LogP contribution in [0.2, 0.25) is 10.0 Å². The van der Waals surface area contributed by atoms with Crippen molar-refractivity contribution in [3.63, 3.8) is 0 Å².